The molecule has 0 spiro atoms. The third-order valence-electron chi connectivity index (χ3n) is 6.89. The number of urea groups is 1. The van der Waals surface area contributed by atoms with E-state index in [2.05, 4.69) is 5.32 Å². The quantitative estimate of drug-likeness (QED) is 0.258. The molecule has 7 heteroatoms. The van der Waals surface area contributed by atoms with Gasteiger partial charge in [-0.1, -0.05) is 96.5 Å². The number of nitrogens with one attached hydrogen (secondary N) is 1. The molecular formula is C33H30ClN3O3. The number of nitrogens with zero attached hydrogens (tertiary/aromatic N) is 2. The van der Waals surface area contributed by atoms with Crippen LogP contribution in [0.4, 0.5) is 10.5 Å². The Morgan fingerprint density at radius 3 is 2.35 bits per heavy atom. The van der Waals surface area contributed by atoms with Crippen molar-refractivity contribution >= 4 is 29.2 Å². The molecule has 0 saturated heterocycles. The van der Waals surface area contributed by atoms with Gasteiger partial charge in [-0.05, 0) is 47.0 Å². The number of carbonyl (C=O) groups excluding carboxylic acids is 2. The van der Waals surface area contributed by atoms with Crippen LogP contribution < -0.4 is 10.1 Å². The second-order valence-corrected chi connectivity index (χ2v) is 9.95. The first-order valence-electron chi connectivity index (χ1n) is 13.1. The van der Waals surface area contributed by atoms with E-state index in [1.807, 2.05) is 115 Å². The molecule has 1 aliphatic heterocycles. The molecule has 4 aromatic carbocycles. The summed E-state index contributed by atoms with van der Waals surface area (Å²) in [6.45, 7) is 0.597. The minimum atomic E-state index is -0.337. The van der Waals surface area contributed by atoms with Gasteiger partial charge in [-0.2, -0.15) is 0 Å². The summed E-state index contributed by atoms with van der Waals surface area (Å²) >= 11 is 6.10. The molecule has 40 heavy (non-hydrogen) atoms. The van der Waals surface area contributed by atoms with Crippen LogP contribution in [0.5, 0.6) is 5.75 Å². The molecule has 0 radical (unpaired) electrons. The molecule has 1 N–H and O–H groups in total. The van der Waals surface area contributed by atoms with Crippen LogP contribution in [-0.2, 0) is 11.3 Å². The van der Waals surface area contributed by atoms with Crippen molar-refractivity contribution in [2.24, 2.45) is 0 Å². The summed E-state index contributed by atoms with van der Waals surface area (Å²) in [5.41, 5.74) is 4.49. The minimum Gasteiger partial charge on any atom is -0.497 e. The van der Waals surface area contributed by atoms with Gasteiger partial charge in [0, 0.05) is 23.7 Å². The standard InChI is InChI=1S/C33H30ClN3O3/c1-40-28-19-15-26(16-20-28)31-12-7-21-36(23-32(38)37(31)22-24-13-17-27(34)18-14-24)33(39)35-30-11-6-5-10-29(30)25-8-3-2-4-9-25/h2-20,31H,21-23H2,1H3,(H,35,39)/b12-7-. The maximum atomic E-state index is 13.8. The molecule has 1 aliphatic rings. The highest BCUT2D eigenvalue weighted by Crippen LogP contribution is 2.30. The fraction of sp³-hybridized carbons (Fsp3) is 0.152. The summed E-state index contributed by atoms with van der Waals surface area (Å²) < 4.78 is 5.32. The number of rotatable bonds is 6. The second kappa shape index (κ2) is 12.5. The molecule has 5 rings (SSSR count). The van der Waals surface area contributed by atoms with E-state index in [0.717, 1.165) is 28.0 Å². The summed E-state index contributed by atoms with van der Waals surface area (Å²) in [6, 6.07) is 32.0. The summed E-state index contributed by atoms with van der Waals surface area (Å²) in [4.78, 5) is 30.6. The monoisotopic (exact) mass is 551 g/mol. The van der Waals surface area contributed by atoms with E-state index in [-0.39, 0.29) is 24.5 Å². The van der Waals surface area contributed by atoms with Crippen LogP contribution in [0.3, 0.4) is 0 Å². The Morgan fingerprint density at radius 1 is 0.925 bits per heavy atom. The summed E-state index contributed by atoms with van der Waals surface area (Å²) in [5, 5.41) is 3.66. The van der Waals surface area contributed by atoms with E-state index in [9.17, 15) is 9.59 Å². The number of hydrogen-bond acceptors (Lipinski definition) is 3. The lowest BCUT2D eigenvalue weighted by molar-refractivity contribution is -0.134. The zero-order valence-corrected chi connectivity index (χ0v) is 22.9. The van der Waals surface area contributed by atoms with Gasteiger partial charge in [0.2, 0.25) is 5.91 Å². The fourth-order valence-corrected chi connectivity index (χ4v) is 4.90. The van der Waals surface area contributed by atoms with Crippen molar-refractivity contribution in [1.29, 1.82) is 0 Å². The van der Waals surface area contributed by atoms with Gasteiger partial charge >= 0.3 is 6.03 Å². The number of amides is 3. The second-order valence-electron chi connectivity index (χ2n) is 9.52. The normalized spacial score (nSPS) is 16.1. The number of carbonyl (C=O) groups is 2. The molecule has 0 fully saturated rings. The zero-order valence-electron chi connectivity index (χ0n) is 22.2. The highest BCUT2D eigenvalue weighted by atomic mass is 35.5. The van der Waals surface area contributed by atoms with Crippen molar-refractivity contribution in [2.45, 2.75) is 12.6 Å². The minimum absolute atomic E-state index is 0.0656. The van der Waals surface area contributed by atoms with Crippen molar-refractivity contribution in [3.8, 4) is 16.9 Å². The van der Waals surface area contributed by atoms with Gasteiger partial charge in [0.15, 0.2) is 0 Å². The Balaban J connectivity index is 1.41. The molecule has 1 atom stereocenters. The number of methoxy groups -OCH3 is 1. The number of para-hydroxylation sites is 1. The Bertz CT molecular complexity index is 1490. The number of ether oxygens (including phenoxy) is 1. The van der Waals surface area contributed by atoms with E-state index >= 15 is 0 Å². The average Bonchev–Trinajstić information content (AvgIpc) is 2.98. The fourth-order valence-electron chi connectivity index (χ4n) is 4.77. The zero-order chi connectivity index (χ0) is 27.9. The van der Waals surface area contributed by atoms with Crippen LogP contribution >= 0.6 is 11.6 Å². The molecule has 0 bridgehead atoms. The molecule has 0 saturated carbocycles. The first kappa shape index (κ1) is 27.0. The first-order chi connectivity index (χ1) is 19.5. The van der Waals surface area contributed by atoms with Crippen LogP contribution in [0.2, 0.25) is 5.02 Å². The van der Waals surface area contributed by atoms with E-state index < -0.39 is 0 Å². The molecule has 1 heterocycles. The van der Waals surface area contributed by atoms with Gasteiger partial charge in [-0.25, -0.2) is 4.79 Å². The predicted octanol–water partition coefficient (Wildman–Crippen LogP) is 7.19. The van der Waals surface area contributed by atoms with Gasteiger partial charge < -0.3 is 19.9 Å². The Kier molecular flexibility index (Phi) is 8.47. The number of halogens is 1. The molecule has 202 valence electrons. The third kappa shape index (κ3) is 6.35. The van der Waals surface area contributed by atoms with Gasteiger partial charge in [-0.3, -0.25) is 4.79 Å². The lowest BCUT2D eigenvalue weighted by Gasteiger charge is -2.34. The maximum absolute atomic E-state index is 13.8. The molecule has 1 unspecified atom stereocenters. The number of anilines is 1. The lowest BCUT2D eigenvalue weighted by atomic mass is 10.0. The molecule has 6 nitrogen and oxygen atoms in total. The largest absolute Gasteiger partial charge is 0.497 e. The maximum Gasteiger partial charge on any atom is 0.322 e. The molecular weight excluding hydrogens is 522 g/mol. The van der Waals surface area contributed by atoms with Gasteiger partial charge in [0.25, 0.3) is 0 Å². The Hall–Kier alpha value is -4.55. The van der Waals surface area contributed by atoms with Crippen molar-refractivity contribution in [3.63, 3.8) is 0 Å². The SMILES string of the molecule is COc1ccc(C2/C=C\CN(C(=O)Nc3ccccc3-c3ccccc3)CC(=O)N2Cc2ccc(Cl)cc2)cc1. The van der Waals surface area contributed by atoms with Crippen LogP contribution in [0.1, 0.15) is 17.2 Å². The average molecular weight is 552 g/mol. The first-order valence-corrected chi connectivity index (χ1v) is 13.4. The molecule has 3 amide bonds. The van der Waals surface area contributed by atoms with Gasteiger partial charge in [0.05, 0.1) is 18.8 Å². The van der Waals surface area contributed by atoms with Gasteiger partial charge in [0.1, 0.15) is 12.3 Å². The van der Waals surface area contributed by atoms with E-state index in [1.165, 1.54) is 4.90 Å². The van der Waals surface area contributed by atoms with Crippen molar-refractivity contribution in [1.82, 2.24) is 9.80 Å². The highest BCUT2D eigenvalue weighted by Gasteiger charge is 2.29. The van der Waals surface area contributed by atoms with Crippen LogP contribution in [0, 0.1) is 0 Å². The molecule has 0 aromatic heterocycles. The highest BCUT2D eigenvalue weighted by molar-refractivity contribution is 6.30. The van der Waals surface area contributed by atoms with Crippen molar-refractivity contribution in [3.05, 3.63) is 131 Å². The Morgan fingerprint density at radius 2 is 1.62 bits per heavy atom. The molecule has 4 aromatic rings. The summed E-state index contributed by atoms with van der Waals surface area (Å²) in [6.07, 6.45) is 3.92. The Labute approximate surface area is 239 Å². The smallest absolute Gasteiger partial charge is 0.322 e. The third-order valence-corrected chi connectivity index (χ3v) is 7.14. The summed E-state index contributed by atoms with van der Waals surface area (Å²) in [7, 11) is 1.62. The lowest BCUT2D eigenvalue weighted by Crippen LogP contribution is -2.46. The predicted molar refractivity (Wildman–Crippen MR) is 159 cm³/mol. The molecule has 0 aliphatic carbocycles. The van der Waals surface area contributed by atoms with E-state index in [1.54, 1.807) is 12.0 Å². The van der Waals surface area contributed by atoms with E-state index in [0.29, 0.717) is 23.8 Å². The van der Waals surface area contributed by atoms with Gasteiger partial charge in [-0.15, -0.1) is 0 Å². The van der Waals surface area contributed by atoms with Crippen LogP contribution in [0.15, 0.2) is 115 Å². The number of hydrogen-bond donors (Lipinski definition) is 1. The summed E-state index contributed by atoms with van der Waals surface area (Å²) in [5.74, 6) is 0.583. The van der Waals surface area contributed by atoms with Crippen molar-refractivity contribution < 1.29 is 14.3 Å². The van der Waals surface area contributed by atoms with Crippen LogP contribution in [0.25, 0.3) is 11.1 Å². The topological polar surface area (TPSA) is 61.9 Å². The van der Waals surface area contributed by atoms with Crippen LogP contribution in [-0.4, -0.2) is 41.9 Å². The van der Waals surface area contributed by atoms with Crippen molar-refractivity contribution in [2.75, 3.05) is 25.5 Å². The number of benzene rings is 4. The van der Waals surface area contributed by atoms with E-state index in [4.69, 9.17) is 16.3 Å².